The molecule has 1 aromatic heterocycles. The standard InChI is InChI=1S/C17H16N4O2/c1-22-6-7-23-14-4-5-19-16(10-14)21-17-9-13-8-12(11-18)2-3-15(13)20-17/h2-5,8,10H,6-7,9H2,1H3,(H,19,20,21). The molecule has 1 N–H and O–H groups in total. The number of amidine groups is 1. The van der Waals surface area contributed by atoms with E-state index in [0.717, 1.165) is 17.1 Å². The number of methoxy groups -OCH3 is 1. The van der Waals surface area contributed by atoms with E-state index >= 15 is 0 Å². The van der Waals surface area contributed by atoms with Gasteiger partial charge in [0.1, 0.15) is 18.2 Å². The number of aliphatic imine (C=N–C) groups is 1. The molecule has 3 rings (SSSR count). The van der Waals surface area contributed by atoms with Crippen molar-refractivity contribution in [3.8, 4) is 11.8 Å². The van der Waals surface area contributed by atoms with Gasteiger partial charge in [-0.25, -0.2) is 9.98 Å². The van der Waals surface area contributed by atoms with E-state index in [1.165, 1.54) is 0 Å². The molecule has 0 radical (unpaired) electrons. The number of fused-ring (bicyclic) bond motifs is 1. The van der Waals surface area contributed by atoms with Crippen LogP contribution in [0.25, 0.3) is 0 Å². The summed E-state index contributed by atoms with van der Waals surface area (Å²) in [5.41, 5.74) is 2.70. The average molecular weight is 308 g/mol. The minimum absolute atomic E-state index is 0.483. The van der Waals surface area contributed by atoms with Gasteiger partial charge in [-0.15, -0.1) is 0 Å². The zero-order chi connectivity index (χ0) is 16.1. The lowest BCUT2D eigenvalue weighted by molar-refractivity contribution is 0.146. The lowest BCUT2D eigenvalue weighted by atomic mass is 10.1. The molecule has 2 aromatic rings. The predicted molar refractivity (Wildman–Crippen MR) is 87.2 cm³/mol. The second-order valence-corrected chi connectivity index (χ2v) is 5.04. The largest absolute Gasteiger partial charge is 0.491 e. The highest BCUT2D eigenvalue weighted by molar-refractivity contribution is 6.04. The molecule has 0 bridgehead atoms. The van der Waals surface area contributed by atoms with Crippen molar-refractivity contribution in [1.29, 1.82) is 5.26 Å². The van der Waals surface area contributed by atoms with Crippen molar-refractivity contribution in [2.24, 2.45) is 4.99 Å². The van der Waals surface area contributed by atoms with Crippen LogP contribution in [0.2, 0.25) is 0 Å². The lowest BCUT2D eigenvalue weighted by Crippen LogP contribution is -2.06. The zero-order valence-corrected chi connectivity index (χ0v) is 12.7. The summed E-state index contributed by atoms with van der Waals surface area (Å²) < 4.78 is 10.5. The van der Waals surface area contributed by atoms with Gasteiger partial charge in [-0.1, -0.05) is 0 Å². The Kier molecular flexibility index (Phi) is 4.50. The Morgan fingerprint density at radius 3 is 3.04 bits per heavy atom. The molecule has 6 nitrogen and oxygen atoms in total. The molecule has 0 saturated carbocycles. The van der Waals surface area contributed by atoms with E-state index in [0.29, 0.717) is 36.8 Å². The van der Waals surface area contributed by atoms with Gasteiger partial charge in [-0.05, 0) is 29.8 Å². The van der Waals surface area contributed by atoms with Crippen molar-refractivity contribution in [2.45, 2.75) is 6.42 Å². The van der Waals surface area contributed by atoms with Gasteiger partial charge < -0.3 is 14.8 Å². The summed E-state index contributed by atoms with van der Waals surface area (Å²) in [6, 6.07) is 11.3. The molecule has 1 aliphatic rings. The third-order valence-electron chi connectivity index (χ3n) is 3.39. The van der Waals surface area contributed by atoms with E-state index in [-0.39, 0.29) is 0 Å². The van der Waals surface area contributed by atoms with Crippen LogP contribution in [0.5, 0.6) is 5.75 Å². The molecule has 23 heavy (non-hydrogen) atoms. The number of ether oxygens (including phenoxy) is 2. The molecule has 0 fully saturated rings. The second-order valence-electron chi connectivity index (χ2n) is 5.04. The number of nitrogens with zero attached hydrogens (tertiary/aromatic N) is 3. The van der Waals surface area contributed by atoms with Gasteiger partial charge in [0.2, 0.25) is 0 Å². The Balaban J connectivity index is 1.73. The second kappa shape index (κ2) is 6.90. The van der Waals surface area contributed by atoms with Gasteiger partial charge in [0.15, 0.2) is 5.82 Å². The van der Waals surface area contributed by atoms with E-state index in [4.69, 9.17) is 14.7 Å². The molecular formula is C17H16N4O2. The van der Waals surface area contributed by atoms with Crippen LogP contribution in [-0.4, -0.2) is 31.1 Å². The lowest BCUT2D eigenvalue weighted by Gasteiger charge is -2.05. The molecule has 1 aromatic carbocycles. The van der Waals surface area contributed by atoms with Gasteiger partial charge in [0, 0.05) is 31.5 Å². The topological polar surface area (TPSA) is 79.5 Å². The molecule has 2 heterocycles. The van der Waals surface area contributed by atoms with Crippen LogP contribution < -0.4 is 10.1 Å². The van der Waals surface area contributed by atoms with Gasteiger partial charge in [-0.2, -0.15) is 5.26 Å². The van der Waals surface area contributed by atoms with Gasteiger partial charge >= 0.3 is 0 Å². The van der Waals surface area contributed by atoms with Crippen LogP contribution in [0.15, 0.2) is 41.5 Å². The number of hydrogen-bond donors (Lipinski definition) is 1. The number of aromatic nitrogens is 1. The van der Waals surface area contributed by atoms with Crippen molar-refractivity contribution in [3.05, 3.63) is 47.7 Å². The normalized spacial score (nSPS) is 14.2. The SMILES string of the molecule is COCCOc1ccnc(N=C2Cc3cc(C#N)ccc3N2)c1. The minimum atomic E-state index is 0.483. The molecule has 6 heteroatoms. The highest BCUT2D eigenvalue weighted by atomic mass is 16.5. The van der Waals surface area contributed by atoms with Crippen molar-refractivity contribution < 1.29 is 9.47 Å². The fraction of sp³-hybridized carbons (Fsp3) is 0.235. The van der Waals surface area contributed by atoms with E-state index in [1.54, 1.807) is 31.5 Å². The molecular weight excluding hydrogens is 292 g/mol. The van der Waals surface area contributed by atoms with Crippen LogP contribution in [-0.2, 0) is 11.2 Å². The summed E-state index contributed by atoms with van der Waals surface area (Å²) in [4.78, 5) is 8.75. The fourth-order valence-corrected chi connectivity index (χ4v) is 2.31. The quantitative estimate of drug-likeness (QED) is 0.859. The molecule has 0 amide bonds. The Morgan fingerprint density at radius 2 is 2.22 bits per heavy atom. The third kappa shape index (κ3) is 3.65. The predicted octanol–water partition coefficient (Wildman–Crippen LogP) is 2.68. The molecule has 0 spiro atoms. The van der Waals surface area contributed by atoms with Gasteiger partial charge in [0.05, 0.1) is 18.2 Å². The summed E-state index contributed by atoms with van der Waals surface area (Å²) in [5.74, 6) is 2.09. The van der Waals surface area contributed by atoms with Crippen LogP contribution in [0.3, 0.4) is 0 Å². The van der Waals surface area contributed by atoms with Gasteiger partial charge in [0.25, 0.3) is 0 Å². The molecule has 1 aliphatic heterocycles. The smallest absolute Gasteiger partial charge is 0.157 e. The number of nitriles is 1. The Hall–Kier alpha value is -2.91. The maximum absolute atomic E-state index is 8.96. The molecule has 116 valence electrons. The summed E-state index contributed by atoms with van der Waals surface area (Å²) in [6.07, 6.45) is 2.32. The summed E-state index contributed by atoms with van der Waals surface area (Å²) >= 11 is 0. The van der Waals surface area contributed by atoms with Crippen LogP contribution in [0, 0.1) is 11.3 Å². The molecule has 0 atom stereocenters. The highest BCUT2D eigenvalue weighted by Gasteiger charge is 2.16. The first-order valence-corrected chi connectivity index (χ1v) is 7.24. The fourth-order valence-electron chi connectivity index (χ4n) is 2.31. The van der Waals surface area contributed by atoms with Crippen LogP contribution in [0.4, 0.5) is 11.5 Å². The molecule has 0 saturated heterocycles. The maximum atomic E-state index is 8.96. The van der Waals surface area contributed by atoms with E-state index < -0.39 is 0 Å². The monoisotopic (exact) mass is 308 g/mol. The number of anilines is 1. The third-order valence-corrected chi connectivity index (χ3v) is 3.39. The number of benzene rings is 1. The minimum Gasteiger partial charge on any atom is -0.491 e. The first kappa shape index (κ1) is 15.0. The van der Waals surface area contributed by atoms with E-state index in [2.05, 4.69) is 21.4 Å². The first-order valence-electron chi connectivity index (χ1n) is 7.24. The summed E-state index contributed by atoms with van der Waals surface area (Å²) in [5, 5.41) is 12.2. The average Bonchev–Trinajstić information content (AvgIpc) is 2.96. The first-order chi connectivity index (χ1) is 11.3. The number of nitrogens with one attached hydrogen (secondary N) is 1. The Labute approximate surface area is 134 Å². The van der Waals surface area contributed by atoms with Gasteiger partial charge in [-0.3, -0.25) is 0 Å². The Bertz CT molecular complexity index is 780. The van der Waals surface area contributed by atoms with Crippen molar-refractivity contribution in [3.63, 3.8) is 0 Å². The maximum Gasteiger partial charge on any atom is 0.157 e. The van der Waals surface area contributed by atoms with Crippen molar-refractivity contribution in [1.82, 2.24) is 4.98 Å². The van der Waals surface area contributed by atoms with E-state index in [1.807, 2.05) is 12.1 Å². The zero-order valence-electron chi connectivity index (χ0n) is 12.7. The summed E-state index contributed by atoms with van der Waals surface area (Å²) in [6.45, 7) is 1.02. The van der Waals surface area contributed by atoms with Crippen molar-refractivity contribution >= 4 is 17.3 Å². The van der Waals surface area contributed by atoms with E-state index in [9.17, 15) is 0 Å². The highest BCUT2D eigenvalue weighted by Crippen LogP contribution is 2.26. The number of hydrogen-bond acceptors (Lipinski definition) is 5. The number of rotatable bonds is 5. The Morgan fingerprint density at radius 1 is 1.30 bits per heavy atom. The van der Waals surface area contributed by atoms with Crippen molar-refractivity contribution in [2.75, 3.05) is 25.6 Å². The summed E-state index contributed by atoms with van der Waals surface area (Å²) in [7, 11) is 1.63. The molecule has 0 aliphatic carbocycles. The number of pyridine rings is 1. The van der Waals surface area contributed by atoms with Crippen LogP contribution in [0.1, 0.15) is 11.1 Å². The van der Waals surface area contributed by atoms with Crippen LogP contribution >= 0.6 is 0 Å². The molecule has 0 unspecified atom stereocenters.